The Morgan fingerprint density at radius 3 is 2.60 bits per heavy atom. The van der Waals surface area contributed by atoms with Crippen molar-refractivity contribution in [3.63, 3.8) is 0 Å². The van der Waals surface area contributed by atoms with Crippen LogP contribution in [0.3, 0.4) is 0 Å². The Hall–Kier alpha value is -4.72. The van der Waals surface area contributed by atoms with Gasteiger partial charge in [0.25, 0.3) is 0 Å². The number of aromatic hydroxyl groups is 2. The number of ketones is 2. The van der Waals surface area contributed by atoms with Crippen LogP contribution in [0.1, 0.15) is 105 Å². The highest BCUT2D eigenvalue weighted by atomic mass is 16.5. The minimum atomic E-state index is -0.904. The molecule has 7 rings (SSSR count). The van der Waals surface area contributed by atoms with Gasteiger partial charge >= 0.3 is 0 Å². The summed E-state index contributed by atoms with van der Waals surface area (Å²) < 4.78 is 5.43. The fraction of sp³-hybridized carbons (Fsp3) is 0.458. The van der Waals surface area contributed by atoms with E-state index in [4.69, 9.17) is 4.74 Å². The van der Waals surface area contributed by atoms with Crippen LogP contribution in [0.15, 0.2) is 66.7 Å². The average molecular weight is 774 g/mol. The molecule has 4 aromatic rings. The molecule has 1 saturated heterocycles. The minimum absolute atomic E-state index is 0.0287. The summed E-state index contributed by atoms with van der Waals surface area (Å²) in [6, 6.07) is 20.3. The first-order valence-corrected chi connectivity index (χ1v) is 20.6. The zero-order chi connectivity index (χ0) is 40.1. The van der Waals surface area contributed by atoms with Gasteiger partial charge in [0.15, 0.2) is 17.3 Å². The molecule has 0 amide bonds. The fourth-order valence-electron chi connectivity index (χ4n) is 9.35. The molecular formula is C48H55NO8. The number of aliphatic hydroxyl groups excluding tert-OH is 3. The number of methoxy groups -OCH3 is 1. The molecule has 0 bridgehead atoms. The van der Waals surface area contributed by atoms with E-state index in [0.29, 0.717) is 73.5 Å². The highest BCUT2D eigenvalue weighted by Gasteiger charge is 2.35. The van der Waals surface area contributed by atoms with Gasteiger partial charge in [-0.25, -0.2) is 0 Å². The molecule has 4 aromatic carbocycles. The summed E-state index contributed by atoms with van der Waals surface area (Å²) in [6.45, 7) is 0.810. The molecule has 57 heavy (non-hydrogen) atoms. The molecule has 1 aliphatic heterocycles. The van der Waals surface area contributed by atoms with Crippen molar-refractivity contribution in [1.29, 1.82) is 0 Å². The standard InChI is InChI=1S/C48H55NO8/c1-57-48-23-34-13-18-46(55)39(45(54)8-3-2-5-29-19-35-10-15-38(52)25-43(35)49-27-29)16-11-31(40(34)26-47(48)56)12-17-44(53)36-21-33-9-14-37(51)24-42(33)41(22-36)32-7-4-6-30(20-32)28-50/h4,6-7,9,14,20-24,26,29,31,35,39,43-45,49-51,53-54,56H,2-3,5,8,10,12-13,15,17-19,25,27-28H2,1H3/t29-,31+,35+,39-,43-,44+,45-/m1/s1. The molecule has 3 aliphatic rings. The number of hydrogen-bond acceptors (Lipinski definition) is 9. The Kier molecular flexibility index (Phi) is 13.0. The normalized spacial score (nSPS) is 23.3. The van der Waals surface area contributed by atoms with E-state index in [-0.39, 0.29) is 30.3 Å². The molecule has 6 N–H and O–H groups in total. The quantitative estimate of drug-likeness (QED) is 0.0602. The van der Waals surface area contributed by atoms with E-state index in [1.165, 1.54) is 7.11 Å². The Morgan fingerprint density at radius 2 is 1.77 bits per heavy atom. The number of phenolic OH excluding ortho intramolecular Hbond substituents is 2. The van der Waals surface area contributed by atoms with E-state index in [1.807, 2.05) is 42.5 Å². The first kappa shape index (κ1) is 40.5. The molecular weight excluding hydrogens is 719 g/mol. The number of hydrogen-bond donors (Lipinski definition) is 6. The maximum absolute atomic E-state index is 13.7. The lowest BCUT2D eigenvalue weighted by Crippen LogP contribution is -2.48. The second-order valence-electron chi connectivity index (χ2n) is 16.4. The number of Topliss-reactive ketones (excluding diaryl/α,β-unsaturated/α-hetero) is 2. The summed E-state index contributed by atoms with van der Waals surface area (Å²) >= 11 is 0. The molecule has 0 radical (unpaired) electrons. The van der Waals surface area contributed by atoms with Gasteiger partial charge in [-0.2, -0.15) is 0 Å². The second-order valence-corrected chi connectivity index (χ2v) is 16.4. The van der Waals surface area contributed by atoms with Crippen LogP contribution in [-0.4, -0.2) is 62.9 Å². The maximum Gasteiger partial charge on any atom is 0.160 e. The first-order valence-electron chi connectivity index (χ1n) is 20.6. The minimum Gasteiger partial charge on any atom is -0.508 e. The molecule has 300 valence electrons. The third-order valence-corrected chi connectivity index (χ3v) is 12.6. The number of benzene rings is 4. The number of rotatable bonds is 13. The van der Waals surface area contributed by atoms with Crippen molar-refractivity contribution in [2.75, 3.05) is 13.7 Å². The van der Waals surface area contributed by atoms with E-state index in [9.17, 15) is 35.1 Å². The molecule has 7 atom stereocenters. The number of piperidine rings is 1. The van der Waals surface area contributed by atoms with Crippen LogP contribution >= 0.6 is 0 Å². The number of fused-ring (bicyclic) bond motifs is 3. The van der Waals surface area contributed by atoms with Crippen molar-refractivity contribution >= 4 is 22.3 Å². The summed E-state index contributed by atoms with van der Waals surface area (Å²) in [5, 5.41) is 59.5. The molecule has 9 heteroatoms. The molecule has 9 nitrogen and oxygen atoms in total. The van der Waals surface area contributed by atoms with E-state index in [1.54, 1.807) is 24.3 Å². The number of aliphatic hydroxyl groups is 3. The van der Waals surface area contributed by atoms with Gasteiger partial charge in [0.1, 0.15) is 17.5 Å². The highest BCUT2D eigenvalue weighted by Crippen LogP contribution is 2.40. The SMILES string of the molecule is COc1cc2c(cc1O)[C@H](CC[C@H](O)c1cc(-c3cccc(CO)c3)c3cc(O)ccc3c1)C#C[C@H]([C@H](O)CCCC[C@H]1CN[C@@H]3CC(=O)CC[C@H]3C1)C(=O)CC2. The number of ether oxygens (including phenoxy) is 1. The van der Waals surface area contributed by atoms with Crippen LogP contribution in [0.2, 0.25) is 0 Å². The molecule has 0 aromatic heterocycles. The zero-order valence-electron chi connectivity index (χ0n) is 32.8. The van der Waals surface area contributed by atoms with E-state index < -0.39 is 24.0 Å². The summed E-state index contributed by atoms with van der Waals surface area (Å²) in [7, 11) is 1.49. The number of carbonyl (C=O) groups excluding carboxylic acids is 2. The van der Waals surface area contributed by atoms with Crippen LogP contribution in [0, 0.1) is 29.6 Å². The van der Waals surface area contributed by atoms with Gasteiger partial charge in [-0.3, -0.25) is 9.59 Å². The van der Waals surface area contributed by atoms with E-state index in [2.05, 4.69) is 17.2 Å². The molecule has 2 fully saturated rings. The average Bonchev–Trinajstić information content (AvgIpc) is 3.28. The van der Waals surface area contributed by atoms with Gasteiger partial charge in [-0.05, 0) is 150 Å². The van der Waals surface area contributed by atoms with Crippen LogP contribution in [-0.2, 0) is 22.6 Å². The van der Waals surface area contributed by atoms with Gasteiger partial charge in [0.2, 0.25) is 0 Å². The molecule has 1 heterocycles. The topological polar surface area (TPSA) is 157 Å². The van der Waals surface area contributed by atoms with E-state index >= 15 is 0 Å². The lowest BCUT2D eigenvalue weighted by Gasteiger charge is -2.39. The summed E-state index contributed by atoms with van der Waals surface area (Å²) in [5.74, 6) is 7.02. The van der Waals surface area contributed by atoms with Crippen molar-refractivity contribution in [3.8, 4) is 40.2 Å². The van der Waals surface area contributed by atoms with Crippen molar-refractivity contribution in [1.82, 2.24) is 5.32 Å². The lowest BCUT2D eigenvalue weighted by atomic mass is 9.74. The Balaban J connectivity index is 1.08. The predicted molar refractivity (Wildman–Crippen MR) is 220 cm³/mol. The van der Waals surface area contributed by atoms with Crippen LogP contribution in [0.25, 0.3) is 21.9 Å². The summed E-state index contributed by atoms with van der Waals surface area (Å²) in [4.78, 5) is 25.6. The number of phenols is 2. The molecule has 0 unspecified atom stereocenters. The van der Waals surface area contributed by atoms with Gasteiger partial charge in [0.05, 0.1) is 25.9 Å². The van der Waals surface area contributed by atoms with E-state index in [0.717, 1.165) is 77.2 Å². The molecule has 1 saturated carbocycles. The molecule has 0 spiro atoms. The van der Waals surface area contributed by atoms with Crippen molar-refractivity contribution in [2.45, 2.75) is 108 Å². The predicted octanol–water partition coefficient (Wildman–Crippen LogP) is 7.42. The third kappa shape index (κ3) is 9.54. The largest absolute Gasteiger partial charge is 0.508 e. The second kappa shape index (κ2) is 18.3. The van der Waals surface area contributed by atoms with Crippen molar-refractivity contribution in [2.24, 2.45) is 17.8 Å². The highest BCUT2D eigenvalue weighted by molar-refractivity contribution is 5.98. The van der Waals surface area contributed by atoms with Crippen LogP contribution in [0.4, 0.5) is 0 Å². The fourth-order valence-corrected chi connectivity index (χ4v) is 9.35. The number of unbranched alkanes of at least 4 members (excludes halogenated alkanes) is 1. The Labute approximate surface area is 335 Å². The van der Waals surface area contributed by atoms with Crippen LogP contribution < -0.4 is 10.1 Å². The number of carbonyl (C=O) groups is 2. The maximum atomic E-state index is 13.7. The number of aryl methyl sites for hydroxylation is 1. The van der Waals surface area contributed by atoms with Gasteiger partial charge in [-0.1, -0.05) is 48.9 Å². The Bertz CT molecular complexity index is 2150. The van der Waals surface area contributed by atoms with Gasteiger partial charge in [0, 0.05) is 31.2 Å². The number of nitrogens with one attached hydrogen (secondary N) is 1. The van der Waals surface area contributed by atoms with Gasteiger partial charge in [-0.15, -0.1) is 0 Å². The van der Waals surface area contributed by atoms with Crippen molar-refractivity contribution in [3.05, 3.63) is 89.0 Å². The van der Waals surface area contributed by atoms with Crippen LogP contribution in [0.5, 0.6) is 17.2 Å². The summed E-state index contributed by atoms with van der Waals surface area (Å²) in [5.41, 5.74) is 4.72. The van der Waals surface area contributed by atoms with Gasteiger partial charge < -0.3 is 35.6 Å². The monoisotopic (exact) mass is 773 g/mol. The smallest absolute Gasteiger partial charge is 0.160 e. The first-order chi connectivity index (χ1) is 27.6. The Morgan fingerprint density at radius 1 is 0.912 bits per heavy atom. The lowest BCUT2D eigenvalue weighted by molar-refractivity contribution is -0.124. The van der Waals surface area contributed by atoms with Crippen molar-refractivity contribution < 1.29 is 39.9 Å². The molecule has 2 aliphatic carbocycles. The third-order valence-electron chi connectivity index (χ3n) is 12.6. The summed E-state index contributed by atoms with van der Waals surface area (Å²) in [6.07, 6.45) is 6.25. The zero-order valence-corrected chi connectivity index (χ0v) is 32.8.